The summed E-state index contributed by atoms with van der Waals surface area (Å²) in [5, 5.41) is 9.72. The smallest absolute Gasteiger partial charge is 0.338 e. The first-order chi connectivity index (χ1) is 14.8. The third-order valence-electron chi connectivity index (χ3n) is 4.83. The largest absolute Gasteiger partial charge is 0.463 e. The fourth-order valence-corrected chi connectivity index (χ4v) is 3.62. The molecule has 0 saturated carbocycles. The summed E-state index contributed by atoms with van der Waals surface area (Å²) in [4.78, 5) is 26.6. The van der Waals surface area contributed by atoms with Gasteiger partial charge in [0.2, 0.25) is 0 Å². The molecule has 7 nitrogen and oxygen atoms in total. The highest BCUT2D eigenvalue weighted by atomic mass is 35.5. The van der Waals surface area contributed by atoms with Crippen LogP contribution >= 0.6 is 23.8 Å². The molecule has 0 spiro atoms. The van der Waals surface area contributed by atoms with Crippen LogP contribution in [0.3, 0.4) is 0 Å². The molecule has 2 aromatic carbocycles. The Morgan fingerprint density at radius 2 is 1.84 bits per heavy atom. The molecule has 1 atom stereocenters. The average Bonchev–Trinajstić information content (AvgIpc) is 2.72. The van der Waals surface area contributed by atoms with Crippen LogP contribution in [0.2, 0.25) is 5.02 Å². The number of carbonyl (C=O) groups excluding carboxylic acids is 2. The molecule has 1 heterocycles. The first kappa shape index (κ1) is 22.6. The number of thiocarbonyl (C=S) groups is 1. The number of carbonyl (C=O) groups is 2. The number of allylic oxidation sites excluding steroid dienone is 1. The van der Waals surface area contributed by atoms with Crippen molar-refractivity contribution in [3.05, 3.63) is 70.4 Å². The molecule has 0 bridgehead atoms. The number of nitrogens with one attached hydrogen (secondary N) is 3. The van der Waals surface area contributed by atoms with E-state index in [9.17, 15) is 9.59 Å². The normalized spacial score (nSPS) is 15.9. The maximum Gasteiger partial charge on any atom is 0.338 e. The van der Waals surface area contributed by atoms with Crippen molar-refractivity contribution in [2.75, 3.05) is 24.3 Å². The van der Waals surface area contributed by atoms with Crippen molar-refractivity contribution in [3.8, 4) is 0 Å². The van der Waals surface area contributed by atoms with Gasteiger partial charge in [0, 0.05) is 29.1 Å². The summed E-state index contributed by atoms with van der Waals surface area (Å²) in [6.07, 6.45) is 0. The minimum atomic E-state index is -0.447. The number of hydrogen-bond donors (Lipinski definition) is 3. The van der Waals surface area contributed by atoms with Gasteiger partial charge in [0.15, 0.2) is 5.11 Å². The number of halogens is 1. The second-order valence-corrected chi connectivity index (χ2v) is 7.70. The lowest BCUT2D eigenvalue weighted by Crippen LogP contribution is -2.46. The molecule has 9 heteroatoms. The van der Waals surface area contributed by atoms with E-state index in [4.69, 9.17) is 28.6 Å². The number of anilines is 2. The van der Waals surface area contributed by atoms with Crippen molar-refractivity contribution in [3.63, 3.8) is 0 Å². The third kappa shape index (κ3) is 5.34. The van der Waals surface area contributed by atoms with Crippen LogP contribution in [-0.2, 0) is 9.53 Å². The molecule has 2 amide bonds. The monoisotopic (exact) mass is 458 g/mol. The molecule has 0 saturated heterocycles. The minimum absolute atomic E-state index is 0.279. The van der Waals surface area contributed by atoms with Gasteiger partial charge in [-0.25, -0.2) is 9.59 Å². The number of rotatable bonds is 5. The van der Waals surface area contributed by atoms with Gasteiger partial charge in [-0.3, -0.25) is 0 Å². The van der Waals surface area contributed by atoms with Crippen LogP contribution in [0.1, 0.15) is 25.5 Å². The summed E-state index contributed by atoms with van der Waals surface area (Å²) >= 11 is 11.3. The Balaban J connectivity index is 1.77. The standard InChI is InChI=1S/C22H23ClN4O3S/c1-4-30-20(28)18-13(2)27(3)22(31)26-19(18)14-8-10-16(11-9-14)24-21(29)25-17-7-5-6-15(23)12-17/h5-12,19H,4H2,1-3H3,(H,26,31)(H2,24,25,29). The lowest BCUT2D eigenvalue weighted by Gasteiger charge is -2.35. The number of urea groups is 1. The Labute approximate surface area is 191 Å². The molecule has 1 unspecified atom stereocenters. The fourth-order valence-electron chi connectivity index (χ4n) is 3.18. The first-order valence-electron chi connectivity index (χ1n) is 9.65. The fraction of sp³-hybridized carbons (Fsp3) is 0.227. The van der Waals surface area contributed by atoms with Crippen molar-refractivity contribution in [1.29, 1.82) is 0 Å². The predicted molar refractivity (Wildman–Crippen MR) is 126 cm³/mol. The van der Waals surface area contributed by atoms with Crippen LogP contribution in [-0.4, -0.2) is 35.7 Å². The van der Waals surface area contributed by atoms with Crippen LogP contribution in [0, 0.1) is 0 Å². The Morgan fingerprint density at radius 1 is 1.16 bits per heavy atom. The van der Waals surface area contributed by atoms with Crippen LogP contribution in [0.25, 0.3) is 0 Å². The van der Waals surface area contributed by atoms with Crippen molar-refractivity contribution < 1.29 is 14.3 Å². The summed E-state index contributed by atoms with van der Waals surface area (Å²) < 4.78 is 5.25. The molecule has 162 valence electrons. The van der Waals surface area contributed by atoms with Gasteiger partial charge in [0.1, 0.15) is 0 Å². The predicted octanol–water partition coefficient (Wildman–Crippen LogP) is 4.68. The quantitative estimate of drug-likeness (QED) is 0.445. The Morgan fingerprint density at radius 3 is 2.48 bits per heavy atom. The van der Waals surface area contributed by atoms with Crippen LogP contribution in [0.15, 0.2) is 59.8 Å². The maximum absolute atomic E-state index is 12.6. The average molecular weight is 459 g/mol. The van der Waals surface area contributed by atoms with Crippen molar-refractivity contribution in [2.24, 2.45) is 0 Å². The van der Waals surface area contributed by atoms with Gasteiger partial charge in [-0.05, 0) is 62.0 Å². The number of nitrogens with zero attached hydrogens (tertiary/aromatic N) is 1. The Kier molecular flexibility index (Phi) is 7.14. The first-order valence-corrected chi connectivity index (χ1v) is 10.4. The van der Waals surface area contributed by atoms with E-state index in [1.54, 1.807) is 55.3 Å². The lowest BCUT2D eigenvalue weighted by molar-refractivity contribution is -0.139. The molecule has 0 radical (unpaired) electrons. The summed E-state index contributed by atoms with van der Waals surface area (Å²) in [6, 6.07) is 13.2. The summed E-state index contributed by atoms with van der Waals surface area (Å²) in [7, 11) is 1.80. The highest BCUT2D eigenvalue weighted by Gasteiger charge is 2.33. The highest BCUT2D eigenvalue weighted by molar-refractivity contribution is 7.80. The van der Waals surface area contributed by atoms with Gasteiger partial charge in [-0.1, -0.05) is 29.8 Å². The molecule has 0 fully saturated rings. The molecule has 31 heavy (non-hydrogen) atoms. The lowest BCUT2D eigenvalue weighted by atomic mass is 9.95. The molecule has 3 N–H and O–H groups in total. The molecule has 3 rings (SSSR count). The highest BCUT2D eigenvalue weighted by Crippen LogP contribution is 2.31. The summed E-state index contributed by atoms with van der Waals surface area (Å²) in [5.74, 6) is -0.394. The van der Waals surface area contributed by atoms with E-state index in [1.807, 2.05) is 19.1 Å². The van der Waals surface area contributed by atoms with Gasteiger partial charge in [-0.2, -0.15) is 0 Å². The molecule has 1 aliphatic heterocycles. The summed E-state index contributed by atoms with van der Waals surface area (Å²) in [5.41, 5.74) is 3.23. The molecular weight excluding hydrogens is 436 g/mol. The molecule has 1 aliphatic rings. The van der Waals surface area contributed by atoms with E-state index < -0.39 is 18.0 Å². The number of ether oxygens (including phenoxy) is 1. The molecular formula is C22H23ClN4O3S. The topological polar surface area (TPSA) is 82.7 Å². The second kappa shape index (κ2) is 9.80. The van der Waals surface area contributed by atoms with E-state index in [0.29, 0.717) is 27.1 Å². The van der Waals surface area contributed by atoms with Crippen molar-refractivity contribution in [2.45, 2.75) is 19.9 Å². The summed E-state index contributed by atoms with van der Waals surface area (Å²) in [6.45, 7) is 3.88. The van der Waals surface area contributed by atoms with Gasteiger partial charge >= 0.3 is 12.0 Å². The van der Waals surface area contributed by atoms with Crippen LogP contribution < -0.4 is 16.0 Å². The molecule has 0 aliphatic carbocycles. The van der Waals surface area contributed by atoms with Crippen molar-refractivity contribution >= 4 is 52.3 Å². The number of benzene rings is 2. The van der Waals surface area contributed by atoms with Gasteiger partial charge < -0.3 is 25.6 Å². The van der Waals surface area contributed by atoms with E-state index in [2.05, 4.69) is 16.0 Å². The maximum atomic E-state index is 12.6. The number of hydrogen-bond acceptors (Lipinski definition) is 4. The van der Waals surface area contributed by atoms with E-state index in [-0.39, 0.29) is 6.61 Å². The second-order valence-electron chi connectivity index (χ2n) is 6.87. The van der Waals surface area contributed by atoms with Gasteiger partial charge in [-0.15, -0.1) is 0 Å². The molecule has 2 aromatic rings. The van der Waals surface area contributed by atoms with Crippen molar-refractivity contribution in [1.82, 2.24) is 10.2 Å². The minimum Gasteiger partial charge on any atom is -0.463 e. The third-order valence-corrected chi connectivity index (χ3v) is 5.46. The van der Waals surface area contributed by atoms with Gasteiger partial charge in [0.05, 0.1) is 18.2 Å². The van der Waals surface area contributed by atoms with E-state index in [1.165, 1.54) is 0 Å². The van der Waals surface area contributed by atoms with E-state index >= 15 is 0 Å². The molecule has 0 aromatic heterocycles. The zero-order valence-corrected chi connectivity index (χ0v) is 18.9. The zero-order valence-electron chi connectivity index (χ0n) is 17.4. The van der Waals surface area contributed by atoms with Crippen LogP contribution in [0.5, 0.6) is 0 Å². The van der Waals surface area contributed by atoms with Gasteiger partial charge in [0.25, 0.3) is 0 Å². The Bertz CT molecular complexity index is 1040. The van der Waals surface area contributed by atoms with E-state index in [0.717, 1.165) is 11.3 Å². The SMILES string of the molecule is CCOC(=O)C1=C(C)N(C)C(=S)NC1c1ccc(NC(=O)Nc2cccc(Cl)c2)cc1. The number of amides is 2. The zero-order chi connectivity index (χ0) is 22.5. The van der Waals surface area contributed by atoms with Crippen LogP contribution in [0.4, 0.5) is 16.2 Å². The number of esters is 1. The Hall–Kier alpha value is -3.10.